The number of rotatable bonds is 5. The summed E-state index contributed by atoms with van der Waals surface area (Å²) in [6.07, 6.45) is -0.180. The zero-order valence-electron chi connectivity index (χ0n) is 15.4. The van der Waals surface area contributed by atoms with Crippen molar-refractivity contribution in [3.8, 4) is 0 Å². The first-order valence-electron chi connectivity index (χ1n) is 8.81. The maximum absolute atomic E-state index is 13.0. The number of benzene rings is 2. The third kappa shape index (κ3) is 5.76. The fourth-order valence-corrected chi connectivity index (χ4v) is 2.89. The number of carbonyl (C=O) groups excluding carboxylic acids is 2. The lowest BCUT2D eigenvalue weighted by molar-refractivity contribution is -0.129. The molecular weight excluding hydrogens is 385 g/mol. The molecule has 0 unspecified atom stereocenters. The summed E-state index contributed by atoms with van der Waals surface area (Å²) in [5.41, 5.74) is 1.82. The van der Waals surface area contributed by atoms with Gasteiger partial charge in [0.25, 0.3) is 5.91 Å². The third-order valence-corrected chi connectivity index (χ3v) is 4.36. The molecule has 0 bridgehead atoms. The molecule has 0 saturated carbocycles. The van der Waals surface area contributed by atoms with E-state index >= 15 is 0 Å². The lowest BCUT2D eigenvalue weighted by Gasteiger charge is -2.29. The average Bonchev–Trinajstić information content (AvgIpc) is 2.67. The molecule has 0 aromatic heterocycles. The summed E-state index contributed by atoms with van der Waals surface area (Å²) in [5.74, 6) is -0.840. The Morgan fingerprint density at radius 2 is 1.96 bits per heavy atom. The van der Waals surface area contributed by atoms with Crippen LogP contribution in [0.2, 0.25) is 0 Å². The Hall–Kier alpha value is -2.48. The minimum Gasteiger partial charge on any atom is -0.375 e. The van der Waals surface area contributed by atoms with E-state index in [-0.39, 0.29) is 36.4 Å². The standard InChI is InChI=1S/C20H22FN3O3.ClH/c1-13-18(22-9-10-27-13)20(26)23-12-14-3-2-4-17(11-14)24-19(25)15-5-7-16(21)8-6-15;/h2-8,11,13,18,22H,9-10,12H2,1H3,(H,23,26)(H,24,25);1H/t13-,18+;/m1./s1. The van der Waals surface area contributed by atoms with Gasteiger partial charge in [0.15, 0.2) is 0 Å². The van der Waals surface area contributed by atoms with Crippen LogP contribution in [0.4, 0.5) is 10.1 Å². The van der Waals surface area contributed by atoms with Gasteiger partial charge in [0.2, 0.25) is 5.91 Å². The minimum atomic E-state index is -0.392. The Kier molecular flexibility index (Phi) is 7.92. The third-order valence-electron chi connectivity index (χ3n) is 4.36. The maximum atomic E-state index is 13.0. The minimum absolute atomic E-state index is 0. The molecule has 1 aliphatic heterocycles. The molecule has 0 radical (unpaired) electrons. The van der Waals surface area contributed by atoms with E-state index in [9.17, 15) is 14.0 Å². The first-order chi connectivity index (χ1) is 13.0. The van der Waals surface area contributed by atoms with Gasteiger partial charge in [-0.05, 0) is 48.9 Å². The van der Waals surface area contributed by atoms with E-state index < -0.39 is 5.82 Å². The fraction of sp³-hybridized carbons (Fsp3) is 0.300. The van der Waals surface area contributed by atoms with Crippen molar-refractivity contribution < 1.29 is 18.7 Å². The normalized spacial score (nSPS) is 18.6. The molecule has 3 rings (SSSR count). The van der Waals surface area contributed by atoms with E-state index in [1.807, 2.05) is 13.0 Å². The number of ether oxygens (including phenoxy) is 1. The van der Waals surface area contributed by atoms with Crippen molar-refractivity contribution in [3.63, 3.8) is 0 Å². The predicted molar refractivity (Wildman–Crippen MR) is 107 cm³/mol. The largest absolute Gasteiger partial charge is 0.375 e. The van der Waals surface area contributed by atoms with Crippen LogP contribution in [0.15, 0.2) is 48.5 Å². The van der Waals surface area contributed by atoms with E-state index in [0.717, 1.165) is 5.56 Å². The van der Waals surface area contributed by atoms with Gasteiger partial charge in [0, 0.05) is 24.3 Å². The van der Waals surface area contributed by atoms with Gasteiger partial charge in [-0.25, -0.2) is 4.39 Å². The predicted octanol–water partition coefficient (Wildman–Crippen LogP) is 2.49. The molecule has 2 aromatic carbocycles. The summed E-state index contributed by atoms with van der Waals surface area (Å²) < 4.78 is 18.4. The van der Waals surface area contributed by atoms with Gasteiger partial charge in [0.1, 0.15) is 11.9 Å². The van der Waals surface area contributed by atoms with Gasteiger partial charge in [-0.1, -0.05) is 12.1 Å². The summed E-state index contributed by atoms with van der Waals surface area (Å²) >= 11 is 0. The highest BCUT2D eigenvalue weighted by Gasteiger charge is 2.27. The van der Waals surface area contributed by atoms with Crippen molar-refractivity contribution in [1.29, 1.82) is 0 Å². The van der Waals surface area contributed by atoms with Crippen LogP contribution in [0.1, 0.15) is 22.8 Å². The number of morpholine rings is 1. The molecule has 6 nitrogen and oxygen atoms in total. The van der Waals surface area contributed by atoms with E-state index in [1.165, 1.54) is 24.3 Å². The molecule has 1 fully saturated rings. The molecule has 2 aromatic rings. The van der Waals surface area contributed by atoms with E-state index in [2.05, 4.69) is 16.0 Å². The second-order valence-electron chi connectivity index (χ2n) is 6.39. The molecule has 2 amide bonds. The maximum Gasteiger partial charge on any atom is 0.255 e. The van der Waals surface area contributed by atoms with Gasteiger partial charge < -0.3 is 20.7 Å². The van der Waals surface area contributed by atoms with Crippen LogP contribution in [-0.4, -0.2) is 37.1 Å². The van der Waals surface area contributed by atoms with Gasteiger partial charge in [-0.2, -0.15) is 0 Å². The highest BCUT2D eigenvalue weighted by Crippen LogP contribution is 2.13. The van der Waals surface area contributed by atoms with E-state index in [0.29, 0.717) is 30.9 Å². The number of hydrogen-bond acceptors (Lipinski definition) is 4. The second kappa shape index (κ2) is 10.2. The number of amides is 2. The van der Waals surface area contributed by atoms with Crippen LogP contribution in [0.5, 0.6) is 0 Å². The zero-order valence-corrected chi connectivity index (χ0v) is 16.2. The van der Waals surface area contributed by atoms with Crippen molar-refractivity contribution in [2.45, 2.75) is 25.6 Å². The summed E-state index contributed by atoms with van der Waals surface area (Å²) in [7, 11) is 0. The number of hydrogen-bond donors (Lipinski definition) is 3. The average molecular weight is 408 g/mol. The van der Waals surface area contributed by atoms with Gasteiger partial charge in [-0.3, -0.25) is 9.59 Å². The summed E-state index contributed by atoms with van der Waals surface area (Å²) in [5, 5.41) is 8.80. The van der Waals surface area contributed by atoms with Gasteiger partial charge in [0.05, 0.1) is 12.7 Å². The molecule has 3 N–H and O–H groups in total. The first kappa shape index (κ1) is 21.8. The van der Waals surface area contributed by atoms with Crippen molar-refractivity contribution in [1.82, 2.24) is 10.6 Å². The smallest absolute Gasteiger partial charge is 0.255 e. The number of halogens is 2. The van der Waals surface area contributed by atoms with E-state index in [1.54, 1.807) is 18.2 Å². The summed E-state index contributed by atoms with van der Waals surface area (Å²) in [4.78, 5) is 24.5. The fourth-order valence-electron chi connectivity index (χ4n) is 2.89. The number of anilines is 1. The first-order valence-corrected chi connectivity index (χ1v) is 8.81. The lowest BCUT2D eigenvalue weighted by Crippen LogP contribution is -2.55. The van der Waals surface area contributed by atoms with Crippen LogP contribution in [0.25, 0.3) is 0 Å². The zero-order chi connectivity index (χ0) is 19.2. The molecule has 0 spiro atoms. The Bertz CT molecular complexity index is 817. The lowest BCUT2D eigenvalue weighted by atomic mass is 10.1. The Morgan fingerprint density at radius 3 is 2.68 bits per heavy atom. The monoisotopic (exact) mass is 407 g/mol. The second-order valence-corrected chi connectivity index (χ2v) is 6.39. The quantitative estimate of drug-likeness (QED) is 0.711. The molecule has 8 heteroatoms. The number of carbonyl (C=O) groups is 2. The van der Waals surface area contributed by atoms with Gasteiger partial charge >= 0.3 is 0 Å². The van der Waals surface area contributed by atoms with Crippen molar-refractivity contribution in [2.24, 2.45) is 0 Å². The molecule has 28 heavy (non-hydrogen) atoms. The molecule has 2 atom stereocenters. The van der Waals surface area contributed by atoms with Gasteiger partial charge in [-0.15, -0.1) is 12.4 Å². The van der Waals surface area contributed by atoms with Crippen LogP contribution in [0, 0.1) is 5.82 Å². The Labute approximate surface area is 169 Å². The Morgan fingerprint density at radius 1 is 1.21 bits per heavy atom. The van der Waals surface area contributed by atoms with Crippen molar-refractivity contribution in [2.75, 3.05) is 18.5 Å². The topological polar surface area (TPSA) is 79.5 Å². The molecule has 1 heterocycles. The summed E-state index contributed by atoms with van der Waals surface area (Å²) in [6.45, 7) is 3.44. The van der Waals surface area contributed by atoms with Crippen LogP contribution in [0.3, 0.4) is 0 Å². The molecular formula is C20H23ClFN3O3. The van der Waals surface area contributed by atoms with Crippen LogP contribution in [-0.2, 0) is 16.1 Å². The molecule has 0 aliphatic carbocycles. The van der Waals surface area contributed by atoms with Crippen LogP contribution >= 0.6 is 12.4 Å². The van der Waals surface area contributed by atoms with Crippen LogP contribution < -0.4 is 16.0 Å². The Balaban J connectivity index is 0.00000280. The molecule has 150 valence electrons. The van der Waals surface area contributed by atoms with Crippen molar-refractivity contribution >= 4 is 29.9 Å². The molecule has 1 saturated heterocycles. The van der Waals surface area contributed by atoms with Crippen molar-refractivity contribution in [3.05, 3.63) is 65.5 Å². The summed E-state index contributed by atoms with van der Waals surface area (Å²) in [6, 6.07) is 12.2. The highest BCUT2D eigenvalue weighted by molar-refractivity contribution is 6.04. The van der Waals surface area contributed by atoms with E-state index in [4.69, 9.17) is 4.74 Å². The SMILES string of the molecule is C[C@H]1OCCN[C@@H]1C(=O)NCc1cccc(NC(=O)c2ccc(F)cc2)c1.Cl. The highest BCUT2D eigenvalue weighted by atomic mass is 35.5. The number of nitrogens with one attached hydrogen (secondary N) is 3. The molecule has 1 aliphatic rings.